The SMILES string of the molecule is CCCCCCCCCCCC[N+]1([O-])CCC(C(=O)OC)C1. The second-order valence-corrected chi connectivity index (χ2v) is 6.88. The summed E-state index contributed by atoms with van der Waals surface area (Å²) in [5, 5.41) is 12.5. The maximum Gasteiger partial charge on any atom is 0.314 e. The Balaban J connectivity index is 1.97. The van der Waals surface area contributed by atoms with Crippen molar-refractivity contribution in [2.24, 2.45) is 5.92 Å². The molecule has 22 heavy (non-hydrogen) atoms. The van der Waals surface area contributed by atoms with Crippen LogP contribution in [0.1, 0.15) is 77.6 Å². The second-order valence-electron chi connectivity index (χ2n) is 6.88. The molecule has 1 aliphatic rings. The predicted molar refractivity (Wildman–Crippen MR) is 90.2 cm³/mol. The number of hydrogen-bond acceptors (Lipinski definition) is 3. The van der Waals surface area contributed by atoms with E-state index in [1.54, 1.807) is 0 Å². The molecule has 2 atom stereocenters. The van der Waals surface area contributed by atoms with Gasteiger partial charge in [-0.25, -0.2) is 0 Å². The summed E-state index contributed by atoms with van der Waals surface area (Å²) in [7, 11) is 1.41. The van der Waals surface area contributed by atoms with Crippen LogP contribution in [0.3, 0.4) is 0 Å². The number of rotatable bonds is 12. The van der Waals surface area contributed by atoms with E-state index in [0.717, 1.165) is 12.8 Å². The molecule has 0 amide bonds. The van der Waals surface area contributed by atoms with E-state index in [2.05, 4.69) is 6.92 Å². The first-order valence-electron chi connectivity index (χ1n) is 9.26. The molecular formula is C18H35NO3. The highest BCUT2D eigenvalue weighted by molar-refractivity contribution is 5.72. The maximum atomic E-state index is 12.5. The number of esters is 1. The van der Waals surface area contributed by atoms with E-state index in [1.165, 1.54) is 58.5 Å². The normalized spacial score (nSPS) is 24.6. The van der Waals surface area contributed by atoms with Gasteiger partial charge >= 0.3 is 5.97 Å². The minimum absolute atomic E-state index is 0.175. The first-order valence-corrected chi connectivity index (χ1v) is 9.26. The van der Waals surface area contributed by atoms with Crippen molar-refractivity contribution in [1.29, 1.82) is 0 Å². The van der Waals surface area contributed by atoms with Gasteiger partial charge in [-0.1, -0.05) is 58.3 Å². The molecule has 4 heteroatoms. The molecule has 1 heterocycles. The highest BCUT2D eigenvalue weighted by atomic mass is 16.6. The summed E-state index contributed by atoms with van der Waals surface area (Å²) in [5.41, 5.74) is 0. The lowest BCUT2D eigenvalue weighted by molar-refractivity contribution is -0.869. The molecule has 130 valence electrons. The van der Waals surface area contributed by atoms with Crippen molar-refractivity contribution in [2.75, 3.05) is 26.7 Å². The van der Waals surface area contributed by atoms with Gasteiger partial charge < -0.3 is 14.6 Å². The van der Waals surface area contributed by atoms with E-state index in [4.69, 9.17) is 4.74 Å². The van der Waals surface area contributed by atoms with Crippen molar-refractivity contribution >= 4 is 5.97 Å². The molecule has 0 aliphatic carbocycles. The average Bonchev–Trinajstić information content (AvgIpc) is 2.91. The first-order chi connectivity index (χ1) is 10.6. The highest BCUT2D eigenvalue weighted by Crippen LogP contribution is 2.25. The summed E-state index contributed by atoms with van der Waals surface area (Å²) in [6, 6.07) is 0. The van der Waals surface area contributed by atoms with Gasteiger partial charge in [-0.3, -0.25) is 4.79 Å². The lowest BCUT2D eigenvalue weighted by Crippen LogP contribution is -2.41. The Hall–Kier alpha value is -0.610. The van der Waals surface area contributed by atoms with Gasteiger partial charge in [-0.15, -0.1) is 0 Å². The van der Waals surface area contributed by atoms with E-state index in [9.17, 15) is 10.0 Å². The van der Waals surface area contributed by atoms with Gasteiger partial charge in [-0.2, -0.15) is 0 Å². The molecular weight excluding hydrogens is 278 g/mol. The molecule has 0 bridgehead atoms. The Labute approximate surface area is 136 Å². The van der Waals surface area contributed by atoms with E-state index < -0.39 is 0 Å². The molecule has 0 aromatic rings. The largest absolute Gasteiger partial charge is 0.633 e. The fraction of sp³-hybridized carbons (Fsp3) is 0.944. The zero-order chi connectivity index (χ0) is 16.3. The van der Waals surface area contributed by atoms with Crippen molar-refractivity contribution in [3.05, 3.63) is 5.21 Å². The number of quaternary nitrogens is 1. The fourth-order valence-electron chi connectivity index (χ4n) is 3.42. The lowest BCUT2D eigenvalue weighted by atomic mass is 10.1. The smallest absolute Gasteiger partial charge is 0.314 e. The number of hydrogen-bond donors (Lipinski definition) is 0. The molecule has 0 radical (unpaired) electrons. The van der Waals surface area contributed by atoms with Crippen LogP contribution in [0.15, 0.2) is 0 Å². The molecule has 1 aliphatic heterocycles. The van der Waals surface area contributed by atoms with Crippen LogP contribution in [0.25, 0.3) is 0 Å². The molecule has 0 spiro atoms. The monoisotopic (exact) mass is 313 g/mol. The van der Waals surface area contributed by atoms with E-state index in [0.29, 0.717) is 26.1 Å². The predicted octanol–water partition coefficient (Wildman–Crippen LogP) is 4.41. The molecule has 1 rings (SSSR count). The standard InChI is InChI=1S/C18H35NO3/c1-3-4-5-6-7-8-9-10-11-12-14-19(21)15-13-17(16-19)18(20)22-2/h17H,3-16H2,1-2H3. The van der Waals surface area contributed by atoms with Crippen LogP contribution in [0.5, 0.6) is 0 Å². The summed E-state index contributed by atoms with van der Waals surface area (Å²) in [5.74, 6) is -0.385. The van der Waals surface area contributed by atoms with Gasteiger partial charge in [0.25, 0.3) is 0 Å². The molecule has 0 N–H and O–H groups in total. The number of hydroxylamine groups is 3. The Morgan fingerprint density at radius 1 is 1.05 bits per heavy atom. The Morgan fingerprint density at radius 2 is 1.59 bits per heavy atom. The van der Waals surface area contributed by atoms with Crippen LogP contribution in [-0.4, -0.2) is 37.4 Å². The summed E-state index contributed by atoms with van der Waals surface area (Å²) in [4.78, 5) is 11.5. The van der Waals surface area contributed by atoms with Crippen LogP contribution in [-0.2, 0) is 9.53 Å². The number of nitrogens with zero attached hydrogens (tertiary/aromatic N) is 1. The molecule has 0 aromatic carbocycles. The van der Waals surface area contributed by atoms with Gasteiger partial charge in [0.2, 0.25) is 0 Å². The minimum Gasteiger partial charge on any atom is -0.633 e. The summed E-state index contributed by atoms with van der Waals surface area (Å²) >= 11 is 0. The van der Waals surface area contributed by atoms with Gasteiger partial charge in [-0.05, 0) is 12.8 Å². The van der Waals surface area contributed by atoms with Crippen LogP contribution in [0.4, 0.5) is 0 Å². The number of carbonyl (C=O) groups excluding carboxylic acids is 1. The molecule has 4 nitrogen and oxygen atoms in total. The Bertz CT molecular complexity index is 309. The highest BCUT2D eigenvalue weighted by Gasteiger charge is 2.36. The summed E-state index contributed by atoms with van der Waals surface area (Å²) in [6.45, 7) is 3.92. The van der Waals surface area contributed by atoms with Crippen LogP contribution in [0.2, 0.25) is 0 Å². The number of unbranched alkanes of at least 4 members (excludes halogenated alkanes) is 9. The van der Waals surface area contributed by atoms with Crippen LogP contribution < -0.4 is 0 Å². The third kappa shape index (κ3) is 7.59. The number of methoxy groups -OCH3 is 1. The zero-order valence-corrected chi connectivity index (χ0v) is 14.6. The molecule has 2 unspecified atom stereocenters. The molecule has 1 fully saturated rings. The Kier molecular flexibility index (Phi) is 9.73. The van der Waals surface area contributed by atoms with Crippen molar-refractivity contribution in [2.45, 2.75) is 77.6 Å². The number of likely N-dealkylation sites (tertiary alicyclic amines) is 1. The quantitative estimate of drug-likeness (QED) is 0.232. The van der Waals surface area contributed by atoms with E-state index >= 15 is 0 Å². The van der Waals surface area contributed by atoms with Crippen molar-refractivity contribution in [1.82, 2.24) is 0 Å². The van der Waals surface area contributed by atoms with Crippen molar-refractivity contribution in [3.8, 4) is 0 Å². The third-order valence-corrected chi connectivity index (χ3v) is 4.89. The van der Waals surface area contributed by atoms with Crippen LogP contribution >= 0.6 is 0 Å². The first kappa shape index (κ1) is 19.4. The second kappa shape index (κ2) is 11.0. The average molecular weight is 313 g/mol. The van der Waals surface area contributed by atoms with Gasteiger partial charge in [0.15, 0.2) is 0 Å². The lowest BCUT2D eigenvalue weighted by Gasteiger charge is -2.38. The van der Waals surface area contributed by atoms with Crippen LogP contribution in [0, 0.1) is 11.1 Å². The van der Waals surface area contributed by atoms with E-state index in [1.807, 2.05) is 0 Å². The van der Waals surface area contributed by atoms with E-state index in [-0.39, 0.29) is 16.5 Å². The number of ether oxygens (including phenoxy) is 1. The number of carbonyl (C=O) groups is 1. The zero-order valence-electron chi connectivity index (χ0n) is 14.6. The fourth-order valence-corrected chi connectivity index (χ4v) is 3.42. The minimum atomic E-state index is -0.209. The van der Waals surface area contributed by atoms with Gasteiger partial charge in [0.05, 0.1) is 26.7 Å². The third-order valence-electron chi connectivity index (χ3n) is 4.89. The van der Waals surface area contributed by atoms with Gasteiger partial charge in [0.1, 0.15) is 5.92 Å². The molecule has 1 saturated heterocycles. The Morgan fingerprint density at radius 3 is 2.14 bits per heavy atom. The van der Waals surface area contributed by atoms with Gasteiger partial charge in [0, 0.05) is 6.42 Å². The maximum absolute atomic E-state index is 12.5. The van der Waals surface area contributed by atoms with Crippen molar-refractivity contribution in [3.63, 3.8) is 0 Å². The molecule has 0 saturated carbocycles. The topological polar surface area (TPSA) is 49.4 Å². The van der Waals surface area contributed by atoms with Crippen molar-refractivity contribution < 1.29 is 14.2 Å². The molecule has 0 aromatic heterocycles. The summed E-state index contributed by atoms with van der Waals surface area (Å²) < 4.78 is 4.56. The summed E-state index contributed by atoms with van der Waals surface area (Å²) in [6.07, 6.45) is 13.5.